The van der Waals surface area contributed by atoms with Gasteiger partial charge in [-0.25, -0.2) is 18.5 Å². The average molecular weight is 393 g/mol. The second-order valence-corrected chi connectivity index (χ2v) is 9.46. The zero-order valence-corrected chi connectivity index (χ0v) is 15.9. The molecule has 10 heteroatoms. The van der Waals surface area contributed by atoms with E-state index in [2.05, 4.69) is 15.2 Å². The number of sulfone groups is 1. The Bertz CT molecular complexity index is 1070. The summed E-state index contributed by atoms with van der Waals surface area (Å²) in [6.45, 7) is 2.38. The fourth-order valence-electron chi connectivity index (χ4n) is 3.41. The number of aromatic nitrogens is 4. The van der Waals surface area contributed by atoms with E-state index in [0.717, 1.165) is 11.0 Å². The van der Waals surface area contributed by atoms with Gasteiger partial charge in [-0.2, -0.15) is 0 Å². The molecule has 1 N–H and O–H groups in total. The summed E-state index contributed by atoms with van der Waals surface area (Å²) in [5.41, 5.74) is 1.79. The van der Waals surface area contributed by atoms with Gasteiger partial charge in [-0.3, -0.25) is 9.20 Å². The maximum Gasteiger partial charge on any atom is 0.233 e. The van der Waals surface area contributed by atoms with Crippen LogP contribution in [0.3, 0.4) is 0 Å². The van der Waals surface area contributed by atoms with Crippen molar-refractivity contribution in [1.29, 1.82) is 0 Å². The molecule has 4 rings (SSSR count). The molecule has 0 bridgehead atoms. The van der Waals surface area contributed by atoms with Gasteiger partial charge < -0.3 is 4.90 Å². The van der Waals surface area contributed by atoms with Gasteiger partial charge in [0.15, 0.2) is 15.0 Å². The fraction of sp³-hybridized carbons (Fsp3) is 0.438. The minimum atomic E-state index is -3.02. The van der Waals surface area contributed by atoms with Gasteiger partial charge in [-0.15, -0.1) is 5.10 Å². The molecule has 1 unspecified atom stereocenters. The van der Waals surface area contributed by atoms with Gasteiger partial charge in [0, 0.05) is 12.6 Å². The van der Waals surface area contributed by atoms with E-state index < -0.39 is 9.84 Å². The van der Waals surface area contributed by atoms with Crippen molar-refractivity contribution in [2.24, 2.45) is 0 Å². The average Bonchev–Trinajstić information content (AvgIpc) is 3.27. The van der Waals surface area contributed by atoms with Gasteiger partial charge in [0.2, 0.25) is 11.7 Å². The van der Waals surface area contributed by atoms with Crippen LogP contribution < -0.4 is 0 Å². The smallest absolute Gasteiger partial charge is 0.233 e. The molecule has 1 amide bonds. The van der Waals surface area contributed by atoms with E-state index in [1.807, 2.05) is 35.6 Å². The Morgan fingerprint density at radius 3 is 2.96 bits per heavy atom. The number of carbonyl (C=O) groups excluding carboxylic acids is 1. The van der Waals surface area contributed by atoms with Gasteiger partial charge in [0.25, 0.3) is 0 Å². The van der Waals surface area contributed by atoms with Crippen molar-refractivity contribution in [3.63, 3.8) is 0 Å². The number of para-hydroxylation sites is 2. The Kier molecular flexibility index (Phi) is 4.39. The highest BCUT2D eigenvalue weighted by Gasteiger charge is 2.33. The number of thioether (sulfide) groups is 1. The Hall–Kier alpha value is -2.07. The molecule has 1 atom stereocenters. The predicted octanol–water partition coefficient (Wildman–Crippen LogP) is 1.34. The fourth-order valence-corrected chi connectivity index (χ4v) is 5.98. The first-order valence-corrected chi connectivity index (χ1v) is 11.2. The molecular formula is C16H19N5O3S2. The number of amides is 1. The summed E-state index contributed by atoms with van der Waals surface area (Å²) in [6, 6.07) is 7.52. The maximum atomic E-state index is 12.7. The first-order valence-electron chi connectivity index (χ1n) is 8.43. The number of hydrogen-bond acceptors (Lipinski definition) is 6. The van der Waals surface area contributed by atoms with Crippen LogP contribution in [0, 0.1) is 0 Å². The first-order chi connectivity index (χ1) is 12.5. The Labute approximate surface area is 154 Å². The standard InChI is InChI=1S/C16H19N5O3S2/c1-2-20(11-7-8-26(23,24)10-11)14(22)9-25-16-19-18-15-17-12-5-3-4-6-13(12)21(15)16/h3-6,11H,2,7-10H2,1H3,(H,17,18). The molecule has 1 aliphatic rings. The molecule has 0 spiro atoms. The topological polar surface area (TPSA) is 100 Å². The molecule has 2 aromatic heterocycles. The monoisotopic (exact) mass is 393 g/mol. The highest BCUT2D eigenvalue weighted by molar-refractivity contribution is 7.99. The Morgan fingerprint density at radius 1 is 1.42 bits per heavy atom. The Balaban J connectivity index is 1.51. The van der Waals surface area contributed by atoms with Gasteiger partial charge in [-0.1, -0.05) is 23.9 Å². The van der Waals surface area contributed by atoms with Crippen molar-refractivity contribution in [1.82, 2.24) is 24.5 Å². The number of aromatic amines is 1. The largest absolute Gasteiger partial charge is 0.338 e. The minimum absolute atomic E-state index is 0.0655. The molecular weight excluding hydrogens is 374 g/mol. The van der Waals surface area contributed by atoms with Crippen LogP contribution in [0.25, 0.3) is 16.8 Å². The molecule has 8 nitrogen and oxygen atoms in total. The molecule has 0 saturated carbocycles. The number of rotatable bonds is 5. The van der Waals surface area contributed by atoms with Gasteiger partial charge in [-0.05, 0) is 25.5 Å². The van der Waals surface area contributed by atoms with Crippen LogP contribution in [-0.2, 0) is 14.6 Å². The van der Waals surface area contributed by atoms with Gasteiger partial charge in [0.05, 0.1) is 28.3 Å². The molecule has 0 radical (unpaired) electrons. The van der Waals surface area contributed by atoms with Crippen LogP contribution in [0.2, 0.25) is 0 Å². The van der Waals surface area contributed by atoms with Crippen molar-refractivity contribution < 1.29 is 13.2 Å². The van der Waals surface area contributed by atoms with E-state index in [1.54, 1.807) is 4.90 Å². The summed E-state index contributed by atoms with van der Waals surface area (Å²) in [4.78, 5) is 18.8. The molecule has 26 heavy (non-hydrogen) atoms. The number of benzene rings is 1. The number of fused-ring (bicyclic) bond motifs is 3. The van der Waals surface area contributed by atoms with Crippen molar-refractivity contribution in [3.8, 4) is 0 Å². The third-order valence-corrected chi connectivity index (χ3v) is 7.31. The van der Waals surface area contributed by atoms with Crippen LogP contribution in [0.5, 0.6) is 0 Å². The molecule has 0 aliphatic carbocycles. The summed E-state index contributed by atoms with van der Waals surface area (Å²) in [5, 5.41) is 7.81. The lowest BCUT2D eigenvalue weighted by Crippen LogP contribution is -2.41. The molecule has 3 heterocycles. The molecule has 1 fully saturated rings. The molecule has 138 valence electrons. The second kappa shape index (κ2) is 6.58. The summed E-state index contributed by atoms with van der Waals surface area (Å²) in [5.74, 6) is 0.998. The summed E-state index contributed by atoms with van der Waals surface area (Å²) in [6.07, 6.45) is 0.519. The van der Waals surface area contributed by atoms with Crippen LogP contribution in [0.4, 0.5) is 0 Å². The number of imidazole rings is 1. The van der Waals surface area contributed by atoms with Crippen LogP contribution in [-0.4, -0.2) is 68.7 Å². The van der Waals surface area contributed by atoms with E-state index in [4.69, 9.17) is 0 Å². The van der Waals surface area contributed by atoms with E-state index >= 15 is 0 Å². The molecule has 3 aromatic rings. The highest BCUT2D eigenvalue weighted by Crippen LogP contribution is 2.24. The highest BCUT2D eigenvalue weighted by atomic mass is 32.2. The number of hydrogen-bond donors (Lipinski definition) is 1. The lowest BCUT2D eigenvalue weighted by Gasteiger charge is -2.26. The zero-order valence-electron chi connectivity index (χ0n) is 14.3. The van der Waals surface area contributed by atoms with E-state index in [1.165, 1.54) is 11.8 Å². The summed E-state index contributed by atoms with van der Waals surface area (Å²) >= 11 is 1.33. The van der Waals surface area contributed by atoms with Crippen LogP contribution in [0.1, 0.15) is 13.3 Å². The third-order valence-electron chi connectivity index (χ3n) is 4.64. The zero-order chi connectivity index (χ0) is 18.3. The number of nitrogens with zero attached hydrogens (tertiary/aromatic N) is 4. The lowest BCUT2D eigenvalue weighted by molar-refractivity contribution is -0.129. The van der Waals surface area contributed by atoms with Crippen molar-refractivity contribution in [2.45, 2.75) is 24.5 Å². The SMILES string of the molecule is CCN(C(=O)CSc1n[nH]c2nc3ccccc3n12)C1CCS(=O)(=O)C1. The molecule has 1 saturated heterocycles. The van der Waals surface area contributed by atoms with Crippen molar-refractivity contribution in [3.05, 3.63) is 24.3 Å². The third kappa shape index (κ3) is 3.07. The predicted molar refractivity (Wildman–Crippen MR) is 100 cm³/mol. The van der Waals surface area contributed by atoms with Crippen LogP contribution in [0.15, 0.2) is 29.4 Å². The number of nitrogens with one attached hydrogen (secondary N) is 1. The summed E-state index contributed by atoms with van der Waals surface area (Å²) < 4.78 is 25.3. The molecule has 1 aliphatic heterocycles. The second-order valence-electron chi connectivity index (χ2n) is 6.29. The Morgan fingerprint density at radius 2 is 2.23 bits per heavy atom. The van der Waals surface area contributed by atoms with Crippen molar-refractivity contribution >= 4 is 44.3 Å². The maximum absolute atomic E-state index is 12.7. The van der Waals surface area contributed by atoms with Gasteiger partial charge >= 0.3 is 0 Å². The van der Waals surface area contributed by atoms with Crippen LogP contribution >= 0.6 is 11.8 Å². The van der Waals surface area contributed by atoms with E-state index in [-0.39, 0.29) is 29.2 Å². The molecule has 1 aromatic carbocycles. The normalized spacial score (nSPS) is 19.3. The van der Waals surface area contributed by atoms with E-state index in [0.29, 0.717) is 23.9 Å². The van der Waals surface area contributed by atoms with E-state index in [9.17, 15) is 13.2 Å². The quantitative estimate of drug-likeness (QED) is 0.657. The lowest BCUT2D eigenvalue weighted by atomic mass is 10.2. The summed E-state index contributed by atoms with van der Waals surface area (Å²) in [7, 11) is -3.02. The first kappa shape index (κ1) is 17.3. The number of carbonyl (C=O) groups is 1. The van der Waals surface area contributed by atoms with Gasteiger partial charge in [0.1, 0.15) is 0 Å². The van der Waals surface area contributed by atoms with Crippen molar-refractivity contribution in [2.75, 3.05) is 23.8 Å². The number of H-pyrrole nitrogens is 1. The minimum Gasteiger partial charge on any atom is -0.338 e.